The highest BCUT2D eigenvalue weighted by Gasteiger charge is 2.10. The van der Waals surface area contributed by atoms with Crippen LogP contribution in [0.3, 0.4) is 0 Å². The van der Waals surface area contributed by atoms with Crippen molar-refractivity contribution in [2.75, 3.05) is 20.8 Å². The van der Waals surface area contributed by atoms with Crippen LogP contribution in [0.4, 0.5) is 5.69 Å². The molecule has 0 aliphatic carbocycles. The van der Waals surface area contributed by atoms with Gasteiger partial charge in [-0.2, -0.15) is 5.10 Å². The van der Waals surface area contributed by atoms with Crippen LogP contribution >= 0.6 is 0 Å². The molecule has 0 atom stereocenters. The molecule has 0 aliphatic rings. The van der Waals surface area contributed by atoms with E-state index in [1.54, 1.807) is 0 Å². The summed E-state index contributed by atoms with van der Waals surface area (Å²) in [6, 6.07) is 8.36. The number of benzene rings is 2. The topological polar surface area (TPSA) is 133 Å². The Labute approximate surface area is 154 Å². The van der Waals surface area contributed by atoms with Crippen LogP contribution in [0.25, 0.3) is 0 Å². The Balaban J connectivity index is 1.90. The second-order valence-electron chi connectivity index (χ2n) is 5.11. The number of amides is 1. The van der Waals surface area contributed by atoms with Crippen LogP contribution in [-0.4, -0.2) is 43.0 Å². The van der Waals surface area contributed by atoms with Crippen molar-refractivity contribution in [1.29, 1.82) is 0 Å². The van der Waals surface area contributed by atoms with E-state index in [1.165, 1.54) is 56.8 Å². The van der Waals surface area contributed by atoms with Crippen LogP contribution in [-0.2, 0) is 4.79 Å². The van der Waals surface area contributed by atoms with Crippen molar-refractivity contribution in [3.63, 3.8) is 0 Å². The Hall–Kier alpha value is -3.82. The van der Waals surface area contributed by atoms with E-state index in [-0.39, 0.29) is 29.5 Å². The maximum Gasteiger partial charge on any atom is 0.277 e. The molecule has 27 heavy (non-hydrogen) atoms. The third-order valence-corrected chi connectivity index (χ3v) is 3.32. The molecule has 0 aliphatic heterocycles. The second kappa shape index (κ2) is 9.04. The summed E-state index contributed by atoms with van der Waals surface area (Å²) in [7, 11) is 2.79. The number of carbonyl (C=O) groups is 1. The lowest BCUT2D eigenvalue weighted by atomic mass is 10.2. The van der Waals surface area contributed by atoms with E-state index in [9.17, 15) is 20.0 Å². The number of phenolic OH excluding ortho intramolecular Hbond substituents is 1. The minimum atomic E-state index is -0.529. The van der Waals surface area contributed by atoms with Crippen molar-refractivity contribution in [3.8, 4) is 23.0 Å². The average molecular weight is 375 g/mol. The van der Waals surface area contributed by atoms with Crippen LogP contribution in [0.15, 0.2) is 41.5 Å². The van der Waals surface area contributed by atoms with Gasteiger partial charge in [0.15, 0.2) is 18.1 Å². The van der Waals surface area contributed by atoms with E-state index in [0.29, 0.717) is 11.3 Å². The fourth-order valence-corrected chi connectivity index (χ4v) is 2.01. The molecule has 0 radical (unpaired) electrons. The molecule has 142 valence electrons. The van der Waals surface area contributed by atoms with Crippen molar-refractivity contribution in [3.05, 3.63) is 52.1 Å². The minimum Gasteiger partial charge on any atom is -0.502 e. The van der Waals surface area contributed by atoms with E-state index < -0.39 is 10.8 Å². The number of ether oxygens (including phenoxy) is 3. The van der Waals surface area contributed by atoms with E-state index >= 15 is 0 Å². The van der Waals surface area contributed by atoms with Crippen molar-refractivity contribution >= 4 is 17.8 Å². The van der Waals surface area contributed by atoms with Gasteiger partial charge >= 0.3 is 0 Å². The summed E-state index contributed by atoms with van der Waals surface area (Å²) < 4.78 is 15.3. The highest BCUT2D eigenvalue weighted by molar-refractivity contribution is 5.84. The van der Waals surface area contributed by atoms with Gasteiger partial charge in [-0.25, -0.2) is 5.43 Å². The zero-order chi connectivity index (χ0) is 19.8. The number of nitro groups is 1. The van der Waals surface area contributed by atoms with Gasteiger partial charge < -0.3 is 19.3 Å². The molecule has 1 amide bonds. The number of nitrogens with one attached hydrogen (secondary N) is 1. The zero-order valence-electron chi connectivity index (χ0n) is 14.5. The number of non-ortho nitro benzene ring substituents is 1. The SMILES string of the molecule is COc1cc(/C=N/NC(=O)COc2ccc([N+](=O)[O-])cc2)cc(OC)c1O. The predicted molar refractivity (Wildman–Crippen MR) is 95.5 cm³/mol. The summed E-state index contributed by atoms with van der Waals surface area (Å²) in [6.45, 7) is -0.322. The van der Waals surface area contributed by atoms with E-state index in [4.69, 9.17) is 14.2 Å². The fourth-order valence-electron chi connectivity index (χ4n) is 2.01. The predicted octanol–water partition coefficient (Wildman–Crippen LogP) is 1.85. The number of nitro benzene ring substituents is 1. The van der Waals surface area contributed by atoms with Gasteiger partial charge in [-0.3, -0.25) is 14.9 Å². The molecule has 2 N–H and O–H groups in total. The monoisotopic (exact) mass is 375 g/mol. The second-order valence-corrected chi connectivity index (χ2v) is 5.11. The molecular formula is C17H17N3O7. The molecule has 0 heterocycles. The zero-order valence-corrected chi connectivity index (χ0v) is 14.5. The first-order chi connectivity index (χ1) is 12.9. The molecule has 2 rings (SSSR count). The van der Waals surface area contributed by atoms with Gasteiger partial charge in [-0.15, -0.1) is 0 Å². The number of rotatable bonds is 8. The largest absolute Gasteiger partial charge is 0.502 e. The summed E-state index contributed by atoms with van der Waals surface area (Å²) in [5, 5.41) is 24.2. The van der Waals surface area contributed by atoms with Crippen molar-refractivity contribution in [2.45, 2.75) is 0 Å². The standard InChI is InChI=1S/C17H17N3O7/c1-25-14-7-11(8-15(26-2)17(14)22)9-18-19-16(21)10-27-13-5-3-12(4-6-13)20(23)24/h3-9,22H,10H2,1-2H3,(H,19,21)/b18-9+. The maximum absolute atomic E-state index is 11.7. The van der Waals surface area contributed by atoms with Gasteiger partial charge in [0.25, 0.3) is 11.6 Å². The van der Waals surface area contributed by atoms with Crippen molar-refractivity contribution in [2.24, 2.45) is 5.10 Å². The Morgan fingerprint density at radius 3 is 2.33 bits per heavy atom. The highest BCUT2D eigenvalue weighted by atomic mass is 16.6. The molecule has 10 heteroatoms. The maximum atomic E-state index is 11.7. The van der Waals surface area contributed by atoms with Gasteiger partial charge in [0.2, 0.25) is 5.75 Å². The number of hydrogen-bond donors (Lipinski definition) is 2. The number of hydrazone groups is 1. The summed E-state index contributed by atoms with van der Waals surface area (Å²) in [6.07, 6.45) is 1.34. The average Bonchev–Trinajstić information content (AvgIpc) is 2.67. The first kappa shape index (κ1) is 19.5. The van der Waals surface area contributed by atoms with Gasteiger partial charge in [0.1, 0.15) is 5.75 Å². The van der Waals surface area contributed by atoms with Crippen LogP contribution in [0.1, 0.15) is 5.56 Å². The normalized spacial score (nSPS) is 10.4. The molecule has 2 aromatic rings. The highest BCUT2D eigenvalue weighted by Crippen LogP contribution is 2.36. The molecular weight excluding hydrogens is 358 g/mol. The van der Waals surface area contributed by atoms with Crippen molar-refractivity contribution < 1.29 is 29.0 Å². The number of phenols is 1. The minimum absolute atomic E-state index is 0.0730. The van der Waals surface area contributed by atoms with Crippen molar-refractivity contribution in [1.82, 2.24) is 5.43 Å². The van der Waals surface area contributed by atoms with Gasteiger partial charge in [0, 0.05) is 17.7 Å². The molecule has 0 unspecified atom stereocenters. The van der Waals surface area contributed by atoms with Gasteiger partial charge in [0.05, 0.1) is 25.4 Å². The van der Waals surface area contributed by atoms with Gasteiger partial charge in [-0.1, -0.05) is 0 Å². The number of aromatic hydroxyl groups is 1. The van der Waals surface area contributed by atoms with Gasteiger partial charge in [-0.05, 0) is 24.3 Å². The van der Waals surface area contributed by atoms with E-state index in [2.05, 4.69) is 10.5 Å². The molecule has 0 bridgehead atoms. The van der Waals surface area contributed by atoms with Crippen LogP contribution < -0.4 is 19.6 Å². The number of nitrogens with zero attached hydrogens (tertiary/aromatic N) is 2. The quantitative estimate of drug-likeness (QED) is 0.409. The molecule has 0 saturated carbocycles. The first-order valence-electron chi connectivity index (χ1n) is 7.58. The summed E-state index contributed by atoms with van der Waals surface area (Å²) >= 11 is 0. The lowest BCUT2D eigenvalue weighted by Gasteiger charge is -2.09. The summed E-state index contributed by atoms with van der Waals surface area (Å²) in [5.74, 6) is 0.0417. The van der Waals surface area contributed by atoms with Crippen LogP contribution in [0.2, 0.25) is 0 Å². The third kappa shape index (κ3) is 5.33. The number of carbonyl (C=O) groups excluding carboxylic acids is 1. The Bertz CT molecular complexity index is 825. The molecule has 0 aromatic heterocycles. The molecule has 2 aromatic carbocycles. The summed E-state index contributed by atoms with van der Waals surface area (Å²) in [4.78, 5) is 21.8. The fraction of sp³-hybridized carbons (Fsp3) is 0.176. The Morgan fingerprint density at radius 1 is 1.22 bits per heavy atom. The molecule has 0 fully saturated rings. The summed E-state index contributed by atoms with van der Waals surface area (Å²) in [5.41, 5.74) is 2.73. The smallest absolute Gasteiger partial charge is 0.277 e. The Kier molecular flexibility index (Phi) is 6.53. The van der Waals surface area contributed by atoms with E-state index in [1.807, 2.05) is 0 Å². The molecule has 0 saturated heterocycles. The lowest BCUT2D eigenvalue weighted by molar-refractivity contribution is -0.384. The molecule has 10 nitrogen and oxygen atoms in total. The number of methoxy groups -OCH3 is 2. The molecule has 0 spiro atoms. The van der Waals surface area contributed by atoms with Crippen LogP contribution in [0, 0.1) is 10.1 Å². The first-order valence-corrected chi connectivity index (χ1v) is 7.58. The third-order valence-electron chi connectivity index (χ3n) is 3.32. The van der Waals surface area contributed by atoms with E-state index in [0.717, 1.165) is 0 Å². The lowest BCUT2D eigenvalue weighted by Crippen LogP contribution is -2.24. The number of hydrogen-bond acceptors (Lipinski definition) is 8. The Morgan fingerprint density at radius 2 is 1.81 bits per heavy atom. The van der Waals surface area contributed by atoms with Crippen LogP contribution in [0.5, 0.6) is 23.0 Å².